The molecule has 0 heterocycles. The monoisotopic (exact) mass is 470 g/mol. The molecule has 0 spiro atoms. The lowest BCUT2D eigenvalue weighted by Crippen LogP contribution is -2.51. The molecule has 4 aliphatic carbocycles. The Bertz CT molecular complexity index is 771. The van der Waals surface area contributed by atoms with Gasteiger partial charge in [0.1, 0.15) is 6.61 Å². The van der Waals surface area contributed by atoms with E-state index in [1.165, 1.54) is 64.0 Å². The molecule has 0 aromatic rings. The number of allylic oxidation sites excluding steroid dienone is 1. The van der Waals surface area contributed by atoms with E-state index in [0.29, 0.717) is 24.0 Å². The Morgan fingerprint density at radius 1 is 1.12 bits per heavy atom. The van der Waals surface area contributed by atoms with Crippen LogP contribution in [0.4, 0.5) is 0 Å². The highest BCUT2D eigenvalue weighted by Gasteiger charge is 2.59. The number of nitroso groups, excluding NO2 is 1. The SMILES string of the molecule is C=C[N+](=O)CCOC1CCC2(C)C(=CCC3C2CCC2(C)C(C(C)CCCC(C)C)CCC32)C1. The number of hydrogen-bond donors (Lipinski definition) is 0. The molecule has 8 atom stereocenters. The van der Waals surface area contributed by atoms with E-state index in [0.717, 1.165) is 53.1 Å². The summed E-state index contributed by atoms with van der Waals surface area (Å²) in [5.41, 5.74) is 2.61. The van der Waals surface area contributed by atoms with Crippen molar-refractivity contribution in [3.8, 4) is 0 Å². The highest BCUT2D eigenvalue weighted by Crippen LogP contribution is 2.67. The van der Waals surface area contributed by atoms with Gasteiger partial charge in [-0.05, 0) is 104 Å². The van der Waals surface area contributed by atoms with Crippen LogP contribution in [-0.4, -0.2) is 24.0 Å². The summed E-state index contributed by atoms with van der Waals surface area (Å²) in [4.78, 5) is 11.5. The van der Waals surface area contributed by atoms with E-state index in [1.807, 2.05) is 0 Å². The minimum absolute atomic E-state index is 0.283. The van der Waals surface area contributed by atoms with Gasteiger partial charge in [0.25, 0.3) is 0 Å². The zero-order valence-electron chi connectivity index (χ0n) is 22.9. The summed E-state index contributed by atoms with van der Waals surface area (Å²) < 4.78 is 7.00. The van der Waals surface area contributed by atoms with Gasteiger partial charge in [0, 0.05) is 9.67 Å². The second kappa shape index (κ2) is 10.6. The Labute approximate surface area is 209 Å². The lowest BCUT2D eigenvalue weighted by molar-refractivity contribution is -0.483. The molecule has 4 aliphatic rings. The molecule has 4 rings (SSSR count). The largest absolute Gasteiger partial charge is 0.371 e. The third-order valence-corrected chi connectivity index (χ3v) is 11.1. The molecule has 3 fully saturated rings. The Balaban J connectivity index is 1.40. The maximum Gasteiger partial charge on any atom is 0.221 e. The highest BCUT2D eigenvalue weighted by molar-refractivity contribution is 5.25. The van der Waals surface area contributed by atoms with Crippen LogP contribution in [0.5, 0.6) is 0 Å². The molecule has 3 nitrogen and oxygen atoms in total. The summed E-state index contributed by atoms with van der Waals surface area (Å²) in [6, 6.07) is 0. The molecule has 34 heavy (non-hydrogen) atoms. The van der Waals surface area contributed by atoms with Crippen molar-refractivity contribution in [2.45, 2.75) is 111 Å². The van der Waals surface area contributed by atoms with Crippen molar-refractivity contribution >= 4 is 0 Å². The number of nitrogens with zero attached hydrogens (tertiary/aromatic N) is 1. The van der Waals surface area contributed by atoms with Crippen LogP contribution >= 0.6 is 0 Å². The van der Waals surface area contributed by atoms with E-state index in [4.69, 9.17) is 4.74 Å². The lowest BCUT2D eigenvalue weighted by atomic mass is 9.47. The summed E-state index contributed by atoms with van der Waals surface area (Å²) in [6.07, 6.45) is 19.1. The normalized spacial score (nSPS) is 40.2. The first-order valence-electron chi connectivity index (χ1n) is 14.6. The van der Waals surface area contributed by atoms with Gasteiger partial charge in [0.05, 0.1) is 6.10 Å². The molecule has 0 aromatic carbocycles. The Kier molecular flexibility index (Phi) is 8.12. The van der Waals surface area contributed by atoms with Gasteiger partial charge in [-0.1, -0.05) is 65.5 Å². The molecule has 3 heteroatoms. The summed E-state index contributed by atoms with van der Waals surface area (Å²) in [5, 5.41) is 0. The summed E-state index contributed by atoms with van der Waals surface area (Å²) in [7, 11) is 0. The molecule has 192 valence electrons. The average molecular weight is 471 g/mol. The van der Waals surface area contributed by atoms with Crippen LogP contribution in [0.1, 0.15) is 105 Å². The number of ether oxygens (including phenoxy) is 1. The van der Waals surface area contributed by atoms with Crippen molar-refractivity contribution in [1.29, 1.82) is 0 Å². The van der Waals surface area contributed by atoms with Crippen molar-refractivity contribution in [2.24, 2.45) is 46.3 Å². The molecule has 0 radical (unpaired) electrons. The Morgan fingerprint density at radius 2 is 1.91 bits per heavy atom. The predicted octanol–water partition coefficient (Wildman–Crippen LogP) is 8.34. The minimum Gasteiger partial charge on any atom is -0.371 e. The van der Waals surface area contributed by atoms with E-state index in [1.54, 1.807) is 5.57 Å². The quantitative estimate of drug-likeness (QED) is 0.237. The standard InChI is InChI=1S/C31H52NO2/c1-7-32(33)19-20-34-25-15-17-30(5)24(21-25)11-12-26-28-14-13-27(23(4)10-8-9-22(2)3)31(28,6)18-16-29(26)30/h7,11,22-23,25-29H,1,8-10,12-21H2,2-6H3/q+1. The third kappa shape index (κ3) is 4.97. The molecule has 0 N–H and O–H groups in total. The fraction of sp³-hybridized carbons (Fsp3) is 0.871. The lowest BCUT2D eigenvalue weighted by Gasteiger charge is -2.58. The van der Waals surface area contributed by atoms with Crippen LogP contribution < -0.4 is 0 Å². The van der Waals surface area contributed by atoms with Gasteiger partial charge >= 0.3 is 0 Å². The van der Waals surface area contributed by atoms with Gasteiger partial charge < -0.3 is 4.74 Å². The molecule has 0 saturated heterocycles. The molecule has 0 aliphatic heterocycles. The Hall–Kier alpha value is -0.960. The van der Waals surface area contributed by atoms with Crippen LogP contribution in [-0.2, 0) is 4.74 Å². The fourth-order valence-corrected chi connectivity index (χ4v) is 9.19. The number of hydrogen-bond acceptors (Lipinski definition) is 2. The van der Waals surface area contributed by atoms with Crippen LogP contribution in [0.15, 0.2) is 24.4 Å². The summed E-state index contributed by atoms with van der Waals surface area (Å²) >= 11 is 0. The van der Waals surface area contributed by atoms with Crippen molar-refractivity contribution in [2.75, 3.05) is 13.2 Å². The maximum absolute atomic E-state index is 11.5. The topological polar surface area (TPSA) is 29.3 Å². The maximum atomic E-state index is 11.5. The van der Waals surface area contributed by atoms with Crippen molar-refractivity contribution in [3.05, 3.63) is 29.3 Å². The van der Waals surface area contributed by atoms with Crippen LogP contribution in [0.3, 0.4) is 0 Å². The highest BCUT2D eigenvalue weighted by atomic mass is 16.5. The van der Waals surface area contributed by atoms with Gasteiger partial charge in [-0.15, -0.1) is 0 Å². The second-order valence-corrected chi connectivity index (χ2v) is 13.3. The van der Waals surface area contributed by atoms with E-state index in [9.17, 15) is 4.91 Å². The van der Waals surface area contributed by atoms with E-state index in [-0.39, 0.29) is 6.10 Å². The molecule has 0 aromatic heterocycles. The van der Waals surface area contributed by atoms with Crippen LogP contribution in [0.25, 0.3) is 0 Å². The van der Waals surface area contributed by atoms with E-state index < -0.39 is 0 Å². The molecular formula is C31H52NO2+. The third-order valence-electron chi connectivity index (χ3n) is 11.1. The first kappa shape index (κ1) is 26.1. The Morgan fingerprint density at radius 3 is 2.65 bits per heavy atom. The average Bonchev–Trinajstić information content (AvgIpc) is 3.16. The van der Waals surface area contributed by atoms with Crippen LogP contribution in [0, 0.1) is 51.2 Å². The zero-order chi connectivity index (χ0) is 24.5. The first-order valence-corrected chi connectivity index (χ1v) is 14.6. The van der Waals surface area contributed by atoms with Gasteiger partial charge in [-0.2, -0.15) is 0 Å². The van der Waals surface area contributed by atoms with Gasteiger partial charge in [0.2, 0.25) is 12.7 Å². The van der Waals surface area contributed by atoms with Crippen molar-refractivity contribution < 1.29 is 9.50 Å². The number of fused-ring (bicyclic) bond motifs is 5. The smallest absolute Gasteiger partial charge is 0.221 e. The van der Waals surface area contributed by atoms with Gasteiger partial charge in [0.15, 0.2) is 0 Å². The summed E-state index contributed by atoms with van der Waals surface area (Å²) in [6.45, 7) is 17.0. The van der Waals surface area contributed by atoms with Gasteiger partial charge in [-0.25, -0.2) is 0 Å². The number of rotatable bonds is 10. The van der Waals surface area contributed by atoms with E-state index in [2.05, 4.69) is 47.3 Å². The van der Waals surface area contributed by atoms with Crippen molar-refractivity contribution in [1.82, 2.24) is 0 Å². The predicted molar refractivity (Wildman–Crippen MR) is 141 cm³/mol. The zero-order valence-corrected chi connectivity index (χ0v) is 22.9. The van der Waals surface area contributed by atoms with Crippen molar-refractivity contribution in [3.63, 3.8) is 0 Å². The molecule has 8 unspecified atom stereocenters. The fourth-order valence-electron chi connectivity index (χ4n) is 9.19. The van der Waals surface area contributed by atoms with Gasteiger partial charge in [-0.3, -0.25) is 0 Å². The van der Waals surface area contributed by atoms with Crippen LogP contribution in [0.2, 0.25) is 0 Å². The first-order chi connectivity index (χ1) is 16.2. The molecule has 0 amide bonds. The summed E-state index contributed by atoms with van der Waals surface area (Å²) in [5.74, 6) is 5.33. The molecule has 0 bridgehead atoms. The van der Waals surface area contributed by atoms with E-state index >= 15 is 0 Å². The minimum atomic E-state index is 0.283. The molecular weight excluding hydrogens is 418 g/mol. The second-order valence-electron chi connectivity index (χ2n) is 13.3. The molecule has 3 saturated carbocycles.